The molecule has 0 bridgehead atoms. The van der Waals surface area contributed by atoms with E-state index in [1.165, 1.54) is 0 Å². The predicted octanol–water partition coefficient (Wildman–Crippen LogP) is 3.22. The molecule has 0 spiro atoms. The van der Waals surface area contributed by atoms with Gasteiger partial charge in [0.1, 0.15) is 5.92 Å². The highest BCUT2D eigenvalue weighted by molar-refractivity contribution is 6.06. The molecular weight excluding hydrogens is 236 g/mol. The fourth-order valence-corrected chi connectivity index (χ4v) is 2.00. The first kappa shape index (κ1) is 12.8. The molecule has 0 aliphatic carbocycles. The molecule has 0 heterocycles. The molecule has 1 atom stereocenters. The summed E-state index contributed by atoms with van der Waals surface area (Å²) in [5.41, 5.74) is 2.00. The van der Waals surface area contributed by atoms with Crippen molar-refractivity contribution in [3.8, 4) is 6.07 Å². The number of carbonyl (C=O) groups excluding carboxylic acids is 1. The number of hydrogen-bond acceptors (Lipinski definition) is 3. The van der Waals surface area contributed by atoms with Gasteiger partial charge in [0.15, 0.2) is 5.78 Å². The van der Waals surface area contributed by atoms with Crippen molar-refractivity contribution in [3.63, 3.8) is 0 Å². The summed E-state index contributed by atoms with van der Waals surface area (Å²) >= 11 is 0. The Bertz CT molecular complexity index is 614. The number of nitrogens with one attached hydrogen (secondary N) is 1. The van der Waals surface area contributed by atoms with Crippen LogP contribution in [0.5, 0.6) is 0 Å². The van der Waals surface area contributed by atoms with Crippen LogP contribution in [0.2, 0.25) is 0 Å². The van der Waals surface area contributed by atoms with E-state index in [2.05, 4.69) is 11.4 Å². The van der Waals surface area contributed by atoms with Crippen LogP contribution in [-0.4, -0.2) is 12.8 Å². The Morgan fingerprint density at radius 1 is 1.11 bits per heavy atom. The minimum absolute atomic E-state index is 0.182. The van der Waals surface area contributed by atoms with Crippen molar-refractivity contribution in [3.05, 3.63) is 65.7 Å². The summed E-state index contributed by atoms with van der Waals surface area (Å²) < 4.78 is 0. The number of rotatable bonds is 4. The number of nitriles is 1. The Hall–Kier alpha value is -2.60. The number of hydrogen-bond donors (Lipinski definition) is 1. The molecule has 3 heteroatoms. The van der Waals surface area contributed by atoms with E-state index in [1.54, 1.807) is 31.3 Å². The standard InChI is InChI=1S/C16H14N2O/c1-18-15-10-6-5-9-13(15)16(19)14(11-17)12-7-3-2-4-8-12/h2-10,14,18H,1H3. The summed E-state index contributed by atoms with van der Waals surface area (Å²) in [6.07, 6.45) is 0. The summed E-state index contributed by atoms with van der Waals surface area (Å²) in [5.74, 6) is -0.950. The molecule has 94 valence electrons. The SMILES string of the molecule is CNc1ccccc1C(=O)C(C#N)c1ccccc1. The minimum Gasteiger partial charge on any atom is -0.388 e. The van der Waals surface area contributed by atoms with Gasteiger partial charge in [0.2, 0.25) is 0 Å². The molecule has 0 aliphatic rings. The Kier molecular flexibility index (Phi) is 3.94. The van der Waals surface area contributed by atoms with E-state index in [0.29, 0.717) is 5.56 Å². The molecule has 0 fully saturated rings. The fraction of sp³-hybridized carbons (Fsp3) is 0.125. The van der Waals surface area contributed by atoms with Gasteiger partial charge >= 0.3 is 0 Å². The first-order valence-electron chi connectivity index (χ1n) is 6.03. The maximum atomic E-state index is 12.5. The van der Waals surface area contributed by atoms with Gasteiger partial charge in [-0.15, -0.1) is 0 Å². The van der Waals surface area contributed by atoms with Crippen LogP contribution in [0.1, 0.15) is 21.8 Å². The van der Waals surface area contributed by atoms with Gasteiger partial charge in [-0.2, -0.15) is 5.26 Å². The number of anilines is 1. The van der Waals surface area contributed by atoms with Crippen LogP contribution in [0.4, 0.5) is 5.69 Å². The maximum absolute atomic E-state index is 12.5. The maximum Gasteiger partial charge on any atom is 0.186 e. The van der Waals surface area contributed by atoms with Crippen LogP contribution in [-0.2, 0) is 0 Å². The highest BCUT2D eigenvalue weighted by Crippen LogP contribution is 2.24. The van der Waals surface area contributed by atoms with Gasteiger partial charge in [0.05, 0.1) is 6.07 Å². The van der Waals surface area contributed by atoms with Crippen molar-refractivity contribution in [2.75, 3.05) is 12.4 Å². The lowest BCUT2D eigenvalue weighted by molar-refractivity contribution is 0.0979. The van der Waals surface area contributed by atoms with E-state index in [9.17, 15) is 10.1 Å². The molecule has 1 unspecified atom stereocenters. The summed E-state index contributed by atoms with van der Waals surface area (Å²) in [6.45, 7) is 0. The van der Waals surface area contributed by atoms with Crippen LogP contribution in [0.15, 0.2) is 54.6 Å². The molecule has 1 N–H and O–H groups in total. The van der Waals surface area contributed by atoms with Crippen molar-refractivity contribution in [2.45, 2.75) is 5.92 Å². The molecule has 19 heavy (non-hydrogen) atoms. The van der Waals surface area contributed by atoms with Crippen molar-refractivity contribution >= 4 is 11.5 Å². The molecule has 0 aromatic heterocycles. The molecule has 0 saturated carbocycles. The number of carbonyl (C=O) groups is 1. The zero-order chi connectivity index (χ0) is 13.7. The van der Waals surface area contributed by atoms with Crippen molar-refractivity contribution in [1.82, 2.24) is 0 Å². The summed E-state index contributed by atoms with van der Waals surface area (Å²) in [5, 5.41) is 12.3. The van der Waals surface area contributed by atoms with Crippen LogP contribution < -0.4 is 5.32 Å². The van der Waals surface area contributed by atoms with E-state index in [-0.39, 0.29) is 5.78 Å². The van der Waals surface area contributed by atoms with E-state index < -0.39 is 5.92 Å². The van der Waals surface area contributed by atoms with E-state index in [4.69, 9.17) is 0 Å². The second-order valence-corrected chi connectivity index (χ2v) is 4.13. The average Bonchev–Trinajstić information content (AvgIpc) is 2.49. The quantitative estimate of drug-likeness (QED) is 0.848. The van der Waals surface area contributed by atoms with Gasteiger partial charge in [-0.05, 0) is 17.7 Å². The number of benzene rings is 2. The molecular formula is C16H14N2O. The zero-order valence-corrected chi connectivity index (χ0v) is 10.6. The Balaban J connectivity index is 2.40. The number of nitrogens with zero attached hydrogens (tertiary/aromatic N) is 1. The van der Waals surface area contributed by atoms with E-state index in [0.717, 1.165) is 11.3 Å². The van der Waals surface area contributed by atoms with E-state index >= 15 is 0 Å². The van der Waals surface area contributed by atoms with Crippen molar-refractivity contribution in [2.24, 2.45) is 0 Å². The van der Waals surface area contributed by atoms with Gasteiger partial charge in [0, 0.05) is 18.3 Å². The lowest BCUT2D eigenvalue weighted by atomic mass is 9.91. The molecule has 3 nitrogen and oxygen atoms in total. The largest absolute Gasteiger partial charge is 0.388 e. The fourth-order valence-electron chi connectivity index (χ4n) is 2.00. The highest BCUT2D eigenvalue weighted by Gasteiger charge is 2.23. The Morgan fingerprint density at radius 3 is 2.37 bits per heavy atom. The number of Topliss-reactive ketones (excluding diaryl/α,β-unsaturated/α-hetero) is 1. The topological polar surface area (TPSA) is 52.9 Å². The Labute approximate surface area is 112 Å². The van der Waals surface area contributed by atoms with Crippen LogP contribution in [0, 0.1) is 11.3 Å². The van der Waals surface area contributed by atoms with Gasteiger partial charge in [0.25, 0.3) is 0 Å². The summed E-state index contributed by atoms with van der Waals surface area (Å²) in [7, 11) is 1.76. The molecule has 0 saturated heterocycles. The molecule has 0 aliphatic heterocycles. The van der Waals surface area contributed by atoms with Crippen LogP contribution >= 0.6 is 0 Å². The number of para-hydroxylation sites is 1. The highest BCUT2D eigenvalue weighted by atomic mass is 16.1. The molecule has 2 rings (SSSR count). The van der Waals surface area contributed by atoms with Gasteiger partial charge in [-0.3, -0.25) is 4.79 Å². The third-order valence-electron chi connectivity index (χ3n) is 2.99. The normalized spacial score (nSPS) is 11.4. The predicted molar refractivity (Wildman–Crippen MR) is 75.1 cm³/mol. The lowest BCUT2D eigenvalue weighted by Crippen LogP contribution is -2.13. The lowest BCUT2D eigenvalue weighted by Gasteiger charge is -2.12. The first-order valence-corrected chi connectivity index (χ1v) is 6.03. The third kappa shape index (κ3) is 2.63. The molecule has 2 aromatic rings. The van der Waals surface area contributed by atoms with Crippen molar-refractivity contribution < 1.29 is 4.79 Å². The molecule has 2 aromatic carbocycles. The smallest absolute Gasteiger partial charge is 0.186 e. The van der Waals surface area contributed by atoms with Crippen LogP contribution in [0.25, 0.3) is 0 Å². The summed E-state index contributed by atoms with van der Waals surface area (Å²) in [6, 6.07) is 18.4. The van der Waals surface area contributed by atoms with Crippen molar-refractivity contribution in [1.29, 1.82) is 5.26 Å². The van der Waals surface area contributed by atoms with Gasteiger partial charge in [-0.25, -0.2) is 0 Å². The first-order chi connectivity index (χ1) is 9.27. The average molecular weight is 250 g/mol. The van der Waals surface area contributed by atoms with Crippen LogP contribution in [0.3, 0.4) is 0 Å². The third-order valence-corrected chi connectivity index (χ3v) is 2.99. The zero-order valence-electron chi connectivity index (χ0n) is 10.6. The number of ketones is 1. The monoisotopic (exact) mass is 250 g/mol. The van der Waals surface area contributed by atoms with Gasteiger partial charge < -0.3 is 5.32 Å². The minimum atomic E-state index is -0.768. The Morgan fingerprint density at radius 2 is 1.74 bits per heavy atom. The second-order valence-electron chi connectivity index (χ2n) is 4.13. The van der Waals surface area contributed by atoms with Gasteiger partial charge in [-0.1, -0.05) is 42.5 Å². The molecule has 0 radical (unpaired) electrons. The molecule has 0 amide bonds. The van der Waals surface area contributed by atoms with E-state index in [1.807, 2.05) is 30.3 Å². The second kappa shape index (κ2) is 5.83. The summed E-state index contributed by atoms with van der Waals surface area (Å²) in [4.78, 5) is 12.5.